The molecule has 7 nitrogen and oxygen atoms in total. The summed E-state index contributed by atoms with van der Waals surface area (Å²) >= 11 is 0. The van der Waals surface area contributed by atoms with Gasteiger partial charge in [0.1, 0.15) is 11.9 Å². The van der Waals surface area contributed by atoms with Gasteiger partial charge in [-0.25, -0.2) is 15.2 Å². The van der Waals surface area contributed by atoms with Crippen LogP contribution in [-0.2, 0) is 4.79 Å². The molecule has 2 heterocycles. The number of carbonyl (C=O) groups is 1. The minimum atomic E-state index is -0.355. The van der Waals surface area contributed by atoms with E-state index in [1.54, 1.807) is 12.1 Å². The Morgan fingerprint density at radius 2 is 1.83 bits per heavy atom. The molecule has 1 unspecified atom stereocenters. The fourth-order valence-electron chi connectivity index (χ4n) is 3.21. The fraction of sp³-hybridized carbons (Fsp3) is 0.562. The molecule has 0 bridgehead atoms. The van der Waals surface area contributed by atoms with Crippen molar-refractivity contribution in [1.29, 1.82) is 0 Å². The van der Waals surface area contributed by atoms with Crippen LogP contribution < -0.4 is 27.2 Å². The molecule has 5 N–H and O–H groups in total. The van der Waals surface area contributed by atoms with Gasteiger partial charge in [-0.1, -0.05) is 18.6 Å². The molecule has 1 amide bonds. The van der Waals surface area contributed by atoms with Gasteiger partial charge in [-0.15, -0.1) is 0 Å². The van der Waals surface area contributed by atoms with E-state index in [2.05, 4.69) is 32.1 Å². The predicted octanol–water partition coefficient (Wildman–Crippen LogP) is 0.302. The second-order valence-electron chi connectivity index (χ2n) is 6.22. The molecule has 1 atom stereocenters. The van der Waals surface area contributed by atoms with Crippen LogP contribution in [0.2, 0.25) is 0 Å². The zero-order valence-corrected chi connectivity index (χ0v) is 13.6. The van der Waals surface area contributed by atoms with Gasteiger partial charge in [0.25, 0.3) is 0 Å². The number of nitrogens with one attached hydrogen (secondary N) is 5. The lowest BCUT2D eigenvalue weighted by atomic mass is 10.0. The third-order valence-corrected chi connectivity index (χ3v) is 4.48. The molecule has 2 aliphatic heterocycles. The van der Waals surface area contributed by atoms with Gasteiger partial charge in [-0.3, -0.25) is 9.69 Å². The van der Waals surface area contributed by atoms with Crippen molar-refractivity contribution in [1.82, 2.24) is 32.1 Å². The predicted molar refractivity (Wildman–Crippen MR) is 88.5 cm³/mol. The van der Waals surface area contributed by atoms with Crippen molar-refractivity contribution in [2.45, 2.75) is 37.9 Å². The van der Waals surface area contributed by atoms with Crippen molar-refractivity contribution in [2.75, 3.05) is 19.6 Å². The second kappa shape index (κ2) is 8.50. The normalized spacial score (nSPS) is 20.9. The molecule has 0 aromatic heterocycles. The van der Waals surface area contributed by atoms with Crippen LogP contribution >= 0.6 is 0 Å². The van der Waals surface area contributed by atoms with Gasteiger partial charge >= 0.3 is 0 Å². The number of hydrogen-bond acceptors (Lipinski definition) is 6. The molecule has 2 aliphatic rings. The third-order valence-electron chi connectivity index (χ3n) is 4.48. The maximum atomic E-state index is 13.2. The second-order valence-corrected chi connectivity index (χ2v) is 6.22. The van der Waals surface area contributed by atoms with Crippen LogP contribution in [0.25, 0.3) is 0 Å². The Morgan fingerprint density at radius 3 is 2.50 bits per heavy atom. The SMILES string of the molecule is O=C(NCCC1NNNN1)C(c1ccc(F)cc1)N1CCCCC1. The Balaban J connectivity index is 1.63. The summed E-state index contributed by atoms with van der Waals surface area (Å²) in [5.41, 5.74) is 12.3. The summed E-state index contributed by atoms with van der Waals surface area (Å²) in [5.74, 6) is -0.308. The van der Waals surface area contributed by atoms with Crippen molar-refractivity contribution < 1.29 is 9.18 Å². The number of amides is 1. The van der Waals surface area contributed by atoms with Gasteiger partial charge in [0.05, 0.1) is 6.17 Å². The topological polar surface area (TPSA) is 80.5 Å². The van der Waals surface area contributed by atoms with Crippen LogP contribution in [0, 0.1) is 5.82 Å². The van der Waals surface area contributed by atoms with Gasteiger partial charge in [0.15, 0.2) is 0 Å². The van der Waals surface area contributed by atoms with Crippen molar-refractivity contribution in [3.63, 3.8) is 0 Å². The van der Waals surface area contributed by atoms with Crippen LogP contribution in [0.3, 0.4) is 0 Å². The summed E-state index contributed by atoms with van der Waals surface area (Å²) in [5, 5.41) is 3.01. The molecule has 8 heteroatoms. The molecule has 0 aliphatic carbocycles. The molecule has 24 heavy (non-hydrogen) atoms. The first-order valence-electron chi connectivity index (χ1n) is 8.52. The number of carbonyl (C=O) groups excluding carboxylic acids is 1. The van der Waals surface area contributed by atoms with Crippen molar-refractivity contribution in [2.24, 2.45) is 0 Å². The van der Waals surface area contributed by atoms with E-state index < -0.39 is 0 Å². The lowest BCUT2D eigenvalue weighted by Gasteiger charge is -2.34. The zero-order valence-electron chi connectivity index (χ0n) is 13.6. The summed E-state index contributed by atoms with van der Waals surface area (Å²) in [6, 6.07) is 5.91. The molecule has 0 radical (unpaired) electrons. The molecule has 0 spiro atoms. The van der Waals surface area contributed by atoms with Crippen molar-refractivity contribution in [3.8, 4) is 0 Å². The highest BCUT2D eigenvalue weighted by atomic mass is 19.1. The Bertz CT molecular complexity index is 528. The summed E-state index contributed by atoms with van der Waals surface area (Å²) < 4.78 is 13.2. The largest absolute Gasteiger partial charge is 0.354 e. The number of halogens is 1. The van der Waals surface area contributed by atoms with Gasteiger partial charge in [0, 0.05) is 6.54 Å². The maximum absolute atomic E-state index is 13.2. The molecule has 2 fully saturated rings. The number of nitrogens with zero attached hydrogens (tertiary/aromatic N) is 1. The maximum Gasteiger partial charge on any atom is 0.241 e. The summed E-state index contributed by atoms with van der Waals surface area (Å²) in [4.78, 5) is 15.0. The van der Waals surface area contributed by atoms with E-state index in [1.165, 1.54) is 18.6 Å². The molecular formula is C16H25FN6O. The van der Waals surface area contributed by atoms with E-state index in [0.29, 0.717) is 6.54 Å². The first-order chi connectivity index (χ1) is 11.7. The highest BCUT2D eigenvalue weighted by Crippen LogP contribution is 2.25. The number of benzene rings is 1. The average molecular weight is 336 g/mol. The van der Waals surface area contributed by atoms with Crippen molar-refractivity contribution in [3.05, 3.63) is 35.6 Å². The Labute approximate surface area is 141 Å². The van der Waals surface area contributed by atoms with E-state index in [4.69, 9.17) is 0 Å². The van der Waals surface area contributed by atoms with Crippen LogP contribution in [0.5, 0.6) is 0 Å². The van der Waals surface area contributed by atoms with Gasteiger partial charge in [-0.2, -0.15) is 11.1 Å². The third kappa shape index (κ3) is 4.49. The van der Waals surface area contributed by atoms with Gasteiger partial charge in [-0.05, 0) is 50.0 Å². The van der Waals surface area contributed by atoms with E-state index in [9.17, 15) is 9.18 Å². The fourth-order valence-corrected chi connectivity index (χ4v) is 3.21. The van der Waals surface area contributed by atoms with Crippen LogP contribution in [0.1, 0.15) is 37.3 Å². The van der Waals surface area contributed by atoms with Crippen molar-refractivity contribution >= 4 is 5.91 Å². The highest BCUT2D eigenvalue weighted by molar-refractivity contribution is 5.83. The molecule has 3 rings (SSSR count). The number of rotatable bonds is 6. The van der Waals surface area contributed by atoms with Crippen LogP contribution in [0.4, 0.5) is 4.39 Å². The quantitative estimate of drug-likeness (QED) is 0.514. The first kappa shape index (κ1) is 17.2. The van der Waals surface area contributed by atoms with E-state index in [-0.39, 0.29) is 23.9 Å². The molecule has 1 aromatic carbocycles. The number of hydrogen-bond donors (Lipinski definition) is 5. The summed E-state index contributed by atoms with van der Waals surface area (Å²) in [7, 11) is 0. The Hall–Kier alpha value is -1.58. The van der Waals surface area contributed by atoms with Gasteiger partial charge < -0.3 is 5.32 Å². The number of hydrazine groups is 3. The molecule has 0 saturated carbocycles. The van der Waals surface area contributed by atoms with Gasteiger partial charge in [0.2, 0.25) is 5.91 Å². The lowest BCUT2D eigenvalue weighted by Crippen LogP contribution is -2.44. The minimum Gasteiger partial charge on any atom is -0.354 e. The Morgan fingerprint density at radius 1 is 1.17 bits per heavy atom. The molecule has 132 valence electrons. The zero-order chi connectivity index (χ0) is 16.8. The molecule has 1 aromatic rings. The summed E-state index contributed by atoms with van der Waals surface area (Å²) in [6.07, 6.45) is 4.19. The lowest BCUT2D eigenvalue weighted by molar-refractivity contribution is -0.127. The van der Waals surface area contributed by atoms with E-state index in [1.807, 2.05) is 0 Å². The summed E-state index contributed by atoms with van der Waals surface area (Å²) in [6.45, 7) is 2.35. The van der Waals surface area contributed by atoms with E-state index in [0.717, 1.165) is 37.9 Å². The number of piperidine rings is 1. The Kier molecular flexibility index (Phi) is 6.11. The number of likely N-dealkylation sites (tertiary alicyclic amines) is 1. The molecule has 2 saturated heterocycles. The molecular weight excluding hydrogens is 311 g/mol. The average Bonchev–Trinajstić information content (AvgIpc) is 3.11. The minimum absolute atomic E-state index is 0.0255. The monoisotopic (exact) mass is 336 g/mol. The standard InChI is InChI=1S/C16H25FN6O/c17-13-6-4-12(5-7-13)15(23-10-2-1-3-11-23)16(24)18-9-8-14-19-21-22-20-14/h4-7,14-15,19-22H,1-3,8-11H2,(H,18,24). The first-order valence-corrected chi connectivity index (χ1v) is 8.52. The van der Waals surface area contributed by atoms with E-state index >= 15 is 0 Å². The highest BCUT2D eigenvalue weighted by Gasteiger charge is 2.28. The van der Waals surface area contributed by atoms with Crippen LogP contribution in [-0.4, -0.2) is 36.6 Å². The smallest absolute Gasteiger partial charge is 0.241 e. The van der Waals surface area contributed by atoms with Crippen LogP contribution in [0.15, 0.2) is 24.3 Å².